The van der Waals surface area contributed by atoms with Gasteiger partial charge in [-0.05, 0) is 19.0 Å². The third-order valence-electron chi connectivity index (χ3n) is 0.855. The van der Waals surface area contributed by atoms with Gasteiger partial charge in [-0.15, -0.1) is 0 Å². The van der Waals surface area contributed by atoms with Crippen LogP contribution in [0.3, 0.4) is 0 Å². The molecule has 6 heavy (non-hydrogen) atoms. The van der Waals surface area contributed by atoms with Crippen molar-refractivity contribution in [2.45, 2.75) is 18.2 Å². The lowest BCUT2D eigenvalue weighted by Crippen LogP contribution is -1.88. The highest BCUT2D eigenvalue weighted by Crippen LogP contribution is 2.03. The highest BCUT2D eigenvalue weighted by molar-refractivity contribution is 7.59. The van der Waals surface area contributed by atoms with Gasteiger partial charge in [-0.25, -0.2) is 4.99 Å². The molecule has 1 heterocycles. The fourth-order valence-electron chi connectivity index (χ4n) is 0.509. The van der Waals surface area contributed by atoms with E-state index < -0.39 is 0 Å². The summed E-state index contributed by atoms with van der Waals surface area (Å²) >= 11 is 3.38. The van der Waals surface area contributed by atoms with Crippen molar-refractivity contribution in [3.63, 3.8) is 0 Å². The van der Waals surface area contributed by atoms with Gasteiger partial charge in [0.05, 0.1) is 0 Å². The normalized spacial score (nSPS) is 31.8. The molecular formula is C4H8NS+. The van der Waals surface area contributed by atoms with Crippen LogP contribution in [0.5, 0.6) is 0 Å². The topological polar surface area (TPSA) is 12.4 Å². The molecule has 0 N–H and O–H groups in total. The van der Waals surface area contributed by atoms with Crippen molar-refractivity contribution < 1.29 is 0 Å². The van der Waals surface area contributed by atoms with Crippen LogP contribution in [0.15, 0.2) is 4.99 Å². The van der Waals surface area contributed by atoms with Crippen molar-refractivity contribution >= 4 is 18.8 Å². The molecule has 1 atom stereocenters. The van der Waals surface area contributed by atoms with Gasteiger partial charge in [0.15, 0.2) is 0 Å². The zero-order chi connectivity index (χ0) is 4.41. The summed E-state index contributed by atoms with van der Waals surface area (Å²) in [5.74, 6) is 0. The van der Waals surface area contributed by atoms with Gasteiger partial charge in [0.2, 0.25) is 5.37 Å². The molecule has 0 saturated heterocycles. The first-order valence-corrected chi connectivity index (χ1v) is 2.70. The van der Waals surface area contributed by atoms with Crippen LogP contribution in [0.25, 0.3) is 0 Å². The predicted octanol–water partition coefficient (Wildman–Crippen LogP) is 0.189. The predicted molar refractivity (Wildman–Crippen MR) is 31.7 cm³/mol. The molecule has 2 heteroatoms. The molecule has 1 rings (SSSR count). The molecule has 0 saturated carbocycles. The number of nitrogens with zero attached hydrogens (tertiary/aromatic N) is 1. The molecular weight excluding hydrogens is 94.1 g/mol. The molecule has 1 nitrogen and oxygen atoms in total. The van der Waals surface area contributed by atoms with E-state index in [-0.39, 0.29) is 0 Å². The number of hydrogen-bond acceptors (Lipinski definition) is 1. The average Bonchev–Trinajstić information content (AvgIpc) is 1.86. The minimum Gasteiger partial charge on any atom is -0.245 e. The van der Waals surface area contributed by atoms with E-state index in [1.165, 1.54) is 6.42 Å². The summed E-state index contributed by atoms with van der Waals surface area (Å²) in [5, 5.41) is 0.421. The second-order valence-corrected chi connectivity index (χ2v) is 2.09. The Kier molecular flexibility index (Phi) is 1.15. The van der Waals surface area contributed by atoms with Gasteiger partial charge >= 0.3 is 0 Å². The summed E-state index contributed by atoms with van der Waals surface area (Å²) in [6, 6.07) is 0. The minimum absolute atomic E-state index is 0.421. The van der Waals surface area contributed by atoms with Crippen molar-refractivity contribution in [3.8, 4) is 0 Å². The Labute approximate surface area is 42.9 Å². The lowest BCUT2D eigenvalue weighted by Gasteiger charge is -1.80. The van der Waals surface area contributed by atoms with E-state index >= 15 is 0 Å². The Hall–Kier alpha value is 0.0200. The summed E-state index contributed by atoms with van der Waals surface area (Å²) in [6.07, 6.45) is 4.28. The maximum Gasteiger partial charge on any atom is 0.203 e. The molecule has 0 bridgehead atoms. The Morgan fingerprint density at radius 2 is 2.67 bits per heavy atom. The molecule has 0 aromatic heterocycles. The van der Waals surface area contributed by atoms with Gasteiger partial charge in [0.25, 0.3) is 0 Å². The van der Waals surface area contributed by atoms with E-state index in [1.807, 2.05) is 6.21 Å². The van der Waals surface area contributed by atoms with Crippen LogP contribution in [0.2, 0.25) is 0 Å². The van der Waals surface area contributed by atoms with Crippen LogP contribution < -0.4 is 0 Å². The first-order valence-electron chi connectivity index (χ1n) is 2.12. The largest absolute Gasteiger partial charge is 0.245 e. The van der Waals surface area contributed by atoms with Gasteiger partial charge < -0.3 is 0 Å². The smallest absolute Gasteiger partial charge is 0.203 e. The molecule has 1 aliphatic rings. The molecule has 0 fully saturated rings. The second-order valence-electron chi connectivity index (χ2n) is 1.42. The fourth-order valence-corrected chi connectivity index (χ4v) is 0.781. The summed E-state index contributed by atoms with van der Waals surface area (Å²) in [4.78, 5) is 4.02. The van der Waals surface area contributed by atoms with E-state index in [2.05, 4.69) is 17.6 Å². The summed E-state index contributed by atoms with van der Waals surface area (Å²) in [6.45, 7) is 0. The molecule has 34 valence electrons. The van der Waals surface area contributed by atoms with E-state index in [4.69, 9.17) is 0 Å². The lowest BCUT2D eigenvalue weighted by molar-refractivity contribution is 0.897. The zero-order valence-electron chi connectivity index (χ0n) is 3.52. The highest BCUT2D eigenvalue weighted by Gasteiger charge is 2.07. The number of aliphatic imine (C=N–C) groups is 1. The SMILES string of the molecule is [SH2+]C1CCC=N1. The number of hydrogen-bond donors (Lipinski definition) is 0. The molecule has 0 aromatic rings. The molecule has 1 aliphatic heterocycles. The monoisotopic (exact) mass is 102 g/mol. The first kappa shape index (κ1) is 4.19. The Morgan fingerprint density at radius 3 is 2.83 bits per heavy atom. The molecule has 0 amide bonds. The zero-order valence-corrected chi connectivity index (χ0v) is 4.52. The van der Waals surface area contributed by atoms with Crippen molar-refractivity contribution in [2.75, 3.05) is 0 Å². The van der Waals surface area contributed by atoms with Crippen molar-refractivity contribution in [1.29, 1.82) is 0 Å². The Balaban J connectivity index is 2.38. The van der Waals surface area contributed by atoms with Gasteiger partial charge in [0.1, 0.15) is 0 Å². The molecule has 0 aliphatic carbocycles. The van der Waals surface area contributed by atoms with Crippen molar-refractivity contribution in [3.05, 3.63) is 0 Å². The van der Waals surface area contributed by atoms with Gasteiger partial charge in [-0.2, -0.15) is 0 Å². The van der Waals surface area contributed by atoms with Crippen LogP contribution in [0, 0.1) is 0 Å². The maximum absolute atomic E-state index is 4.02. The van der Waals surface area contributed by atoms with E-state index in [0.29, 0.717) is 5.37 Å². The second kappa shape index (κ2) is 1.65. The van der Waals surface area contributed by atoms with Gasteiger partial charge in [0, 0.05) is 12.6 Å². The van der Waals surface area contributed by atoms with Crippen LogP contribution in [-0.4, -0.2) is 11.6 Å². The highest BCUT2D eigenvalue weighted by atomic mass is 32.1. The summed E-state index contributed by atoms with van der Waals surface area (Å²) < 4.78 is 0. The standard InChI is InChI=1S/C4H7NS/c6-4-2-1-3-5-4/h3-4,6H,1-2H2/p+1. The van der Waals surface area contributed by atoms with E-state index in [9.17, 15) is 0 Å². The van der Waals surface area contributed by atoms with Crippen molar-refractivity contribution in [1.82, 2.24) is 0 Å². The molecule has 0 aromatic carbocycles. The van der Waals surface area contributed by atoms with E-state index in [0.717, 1.165) is 6.42 Å². The van der Waals surface area contributed by atoms with Gasteiger partial charge in [-0.1, -0.05) is 0 Å². The van der Waals surface area contributed by atoms with Crippen LogP contribution >= 0.6 is 0 Å². The fraction of sp³-hybridized carbons (Fsp3) is 0.750. The maximum atomic E-state index is 4.02. The molecule has 0 radical (unpaired) electrons. The van der Waals surface area contributed by atoms with E-state index in [1.54, 1.807) is 0 Å². The Morgan fingerprint density at radius 1 is 1.83 bits per heavy atom. The Bertz CT molecular complexity index is 69.9. The van der Waals surface area contributed by atoms with Crippen LogP contribution in [0.4, 0.5) is 0 Å². The van der Waals surface area contributed by atoms with Crippen LogP contribution in [-0.2, 0) is 12.6 Å². The summed E-state index contributed by atoms with van der Waals surface area (Å²) in [7, 11) is 0. The van der Waals surface area contributed by atoms with Crippen molar-refractivity contribution in [2.24, 2.45) is 4.99 Å². The molecule has 1 unspecified atom stereocenters. The number of rotatable bonds is 0. The van der Waals surface area contributed by atoms with Gasteiger partial charge in [-0.3, -0.25) is 0 Å². The average molecular weight is 102 g/mol. The quantitative estimate of drug-likeness (QED) is 0.387. The first-order chi connectivity index (χ1) is 2.89. The third kappa shape index (κ3) is 0.744. The summed E-state index contributed by atoms with van der Waals surface area (Å²) in [5.41, 5.74) is 0. The lowest BCUT2D eigenvalue weighted by atomic mass is 10.4. The third-order valence-corrected chi connectivity index (χ3v) is 1.29. The molecule has 0 spiro atoms. The van der Waals surface area contributed by atoms with Crippen LogP contribution in [0.1, 0.15) is 12.8 Å². The minimum atomic E-state index is 0.421.